The van der Waals surface area contributed by atoms with E-state index in [9.17, 15) is 14.7 Å². The summed E-state index contributed by atoms with van der Waals surface area (Å²) in [5.41, 5.74) is -0.608. The molecule has 0 aromatic heterocycles. The number of aliphatic hydroxyl groups excluding tert-OH is 1. The number of methoxy groups -OCH3 is 1. The van der Waals surface area contributed by atoms with Crippen molar-refractivity contribution in [1.29, 1.82) is 0 Å². The van der Waals surface area contributed by atoms with Crippen LogP contribution in [0, 0.1) is 5.92 Å². The first-order valence-electron chi connectivity index (χ1n) is 9.19. The number of carbonyl (C=O) groups excluding carboxylic acids is 2. The number of hydrogen-bond donors (Lipinski definition) is 1. The maximum atomic E-state index is 12.7. The Hall–Kier alpha value is -1.18. The molecule has 1 heterocycles. The van der Waals surface area contributed by atoms with E-state index in [1.165, 1.54) is 7.11 Å². The molecule has 1 unspecified atom stereocenters. The predicted octanol–water partition coefficient (Wildman–Crippen LogP) is 2.56. The van der Waals surface area contributed by atoms with Crippen LogP contribution in [0.3, 0.4) is 0 Å². The Kier molecular flexibility index (Phi) is 6.45. The molecule has 1 N–H and O–H groups in total. The van der Waals surface area contributed by atoms with E-state index in [4.69, 9.17) is 14.2 Å². The zero-order valence-corrected chi connectivity index (χ0v) is 15.8. The quantitative estimate of drug-likeness (QED) is 0.472. The first kappa shape index (κ1) is 20.1. The van der Waals surface area contributed by atoms with Crippen molar-refractivity contribution in [2.45, 2.75) is 77.4 Å². The average Bonchev–Trinajstić information content (AvgIpc) is 3.04. The van der Waals surface area contributed by atoms with Crippen LogP contribution in [0.25, 0.3) is 0 Å². The Labute approximate surface area is 149 Å². The molecule has 2 rings (SSSR count). The number of carbonyl (C=O) groups is 2. The molecule has 1 saturated carbocycles. The standard InChI is InChI=1S/C18H32NO6/c1-18(2,3)25-17(22)19(11-5-6-12-19)16(21)24-14-9-7-13(8-10-14)15(20)23-4/h13-14,16,21H,5-12H2,1-4H3/q+1. The number of ether oxygens (including phenoxy) is 3. The molecule has 7 nitrogen and oxygen atoms in total. The number of hydrogen-bond acceptors (Lipinski definition) is 6. The van der Waals surface area contributed by atoms with E-state index in [1.54, 1.807) is 0 Å². The highest BCUT2D eigenvalue weighted by Crippen LogP contribution is 2.32. The molecule has 1 aliphatic heterocycles. The topological polar surface area (TPSA) is 82.1 Å². The molecule has 0 spiro atoms. The molecule has 0 aromatic rings. The number of quaternary nitrogens is 1. The van der Waals surface area contributed by atoms with Crippen LogP contribution in [0.2, 0.25) is 0 Å². The Morgan fingerprint density at radius 1 is 1.08 bits per heavy atom. The summed E-state index contributed by atoms with van der Waals surface area (Å²) in [4.78, 5) is 24.3. The van der Waals surface area contributed by atoms with Crippen molar-refractivity contribution in [3.8, 4) is 0 Å². The predicted molar refractivity (Wildman–Crippen MR) is 90.3 cm³/mol. The third-order valence-corrected chi connectivity index (χ3v) is 5.07. The van der Waals surface area contributed by atoms with Crippen LogP contribution in [0.5, 0.6) is 0 Å². The highest BCUT2D eigenvalue weighted by molar-refractivity contribution is 5.72. The first-order chi connectivity index (χ1) is 11.7. The van der Waals surface area contributed by atoms with Gasteiger partial charge in [-0.1, -0.05) is 0 Å². The lowest BCUT2D eigenvalue weighted by atomic mass is 9.87. The summed E-state index contributed by atoms with van der Waals surface area (Å²) in [6, 6.07) is 0. The highest BCUT2D eigenvalue weighted by Gasteiger charge is 2.51. The molecule has 1 aliphatic carbocycles. The van der Waals surface area contributed by atoms with Gasteiger partial charge in [0.05, 0.1) is 32.2 Å². The molecule has 2 fully saturated rings. The average molecular weight is 358 g/mol. The van der Waals surface area contributed by atoms with Crippen LogP contribution in [0.4, 0.5) is 4.79 Å². The SMILES string of the molecule is COC(=O)C1CCC(OC(O)[N+]2(C(=O)OC(C)(C)C)CCCC2)CC1. The van der Waals surface area contributed by atoms with E-state index in [2.05, 4.69) is 0 Å². The van der Waals surface area contributed by atoms with Crippen LogP contribution in [-0.4, -0.2) is 60.0 Å². The zero-order valence-electron chi connectivity index (χ0n) is 15.8. The number of esters is 1. The first-order valence-corrected chi connectivity index (χ1v) is 9.19. The number of aliphatic hydroxyl groups is 1. The lowest BCUT2D eigenvalue weighted by Gasteiger charge is -2.37. The smallest absolute Gasteiger partial charge is 0.469 e. The fraction of sp³-hybridized carbons (Fsp3) is 0.889. The Morgan fingerprint density at radius 2 is 1.64 bits per heavy atom. The molecule has 2 aliphatic rings. The minimum atomic E-state index is -1.22. The van der Waals surface area contributed by atoms with Gasteiger partial charge < -0.3 is 19.3 Å². The summed E-state index contributed by atoms with van der Waals surface area (Å²) in [6.45, 7) is 6.50. The summed E-state index contributed by atoms with van der Waals surface area (Å²) in [7, 11) is 1.40. The van der Waals surface area contributed by atoms with E-state index >= 15 is 0 Å². The molecule has 25 heavy (non-hydrogen) atoms. The zero-order chi connectivity index (χ0) is 18.7. The summed E-state index contributed by atoms with van der Waals surface area (Å²) in [5.74, 6) is -0.279. The molecule has 0 aromatic carbocycles. The minimum absolute atomic E-state index is 0.0946. The summed E-state index contributed by atoms with van der Waals surface area (Å²) >= 11 is 0. The van der Waals surface area contributed by atoms with E-state index < -0.39 is 18.1 Å². The number of rotatable bonds is 4. The van der Waals surface area contributed by atoms with Crippen LogP contribution in [0.15, 0.2) is 0 Å². The minimum Gasteiger partial charge on any atom is -0.469 e. The Bertz CT molecular complexity index is 472. The third kappa shape index (κ3) is 4.92. The molecular formula is C18H32NO6+. The normalized spacial score (nSPS) is 27.6. The van der Waals surface area contributed by atoms with E-state index in [0.717, 1.165) is 12.8 Å². The van der Waals surface area contributed by atoms with Crippen molar-refractivity contribution in [2.24, 2.45) is 5.92 Å². The monoisotopic (exact) mass is 358 g/mol. The van der Waals surface area contributed by atoms with Crippen LogP contribution in [0.1, 0.15) is 59.3 Å². The lowest BCUT2D eigenvalue weighted by Crippen LogP contribution is -2.60. The van der Waals surface area contributed by atoms with E-state index in [-0.39, 0.29) is 22.5 Å². The van der Waals surface area contributed by atoms with Crippen molar-refractivity contribution in [1.82, 2.24) is 0 Å². The molecular weight excluding hydrogens is 326 g/mol. The van der Waals surface area contributed by atoms with Crippen molar-refractivity contribution in [2.75, 3.05) is 20.2 Å². The second-order valence-electron chi connectivity index (χ2n) is 8.13. The molecule has 1 saturated heterocycles. The number of nitrogens with zero attached hydrogens (tertiary/aromatic N) is 1. The molecule has 0 bridgehead atoms. The van der Waals surface area contributed by atoms with Gasteiger partial charge in [-0.2, -0.15) is 9.28 Å². The van der Waals surface area contributed by atoms with Gasteiger partial charge in [0.15, 0.2) is 0 Å². The van der Waals surface area contributed by atoms with Gasteiger partial charge in [0.25, 0.3) is 0 Å². The van der Waals surface area contributed by atoms with Crippen molar-refractivity contribution in [3.63, 3.8) is 0 Å². The van der Waals surface area contributed by atoms with Gasteiger partial charge in [-0.05, 0) is 46.5 Å². The van der Waals surface area contributed by atoms with Gasteiger partial charge in [0, 0.05) is 12.8 Å². The Balaban J connectivity index is 1.96. The van der Waals surface area contributed by atoms with Gasteiger partial charge in [-0.25, -0.2) is 0 Å². The van der Waals surface area contributed by atoms with Crippen LogP contribution >= 0.6 is 0 Å². The molecule has 1 amide bonds. The van der Waals surface area contributed by atoms with Crippen molar-refractivity contribution in [3.05, 3.63) is 0 Å². The highest BCUT2D eigenvalue weighted by atomic mass is 16.7. The second kappa shape index (κ2) is 8.01. The summed E-state index contributed by atoms with van der Waals surface area (Å²) in [6.07, 6.45) is 2.60. The molecule has 7 heteroatoms. The van der Waals surface area contributed by atoms with Gasteiger partial charge in [-0.3, -0.25) is 4.79 Å². The fourth-order valence-electron chi connectivity index (χ4n) is 3.64. The molecule has 144 valence electrons. The van der Waals surface area contributed by atoms with Gasteiger partial charge >= 0.3 is 18.5 Å². The van der Waals surface area contributed by atoms with E-state index in [0.29, 0.717) is 38.8 Å². The van der Waals surface area contributed by atoms with Gasteiger partial charge in [0.2, 0.25) is 0 Å². The largest absolute Gasteiger partial charge is 0.520 e. The summed E-state index contributed by atoms with van der Waals surface area (Å²) in [5, 5.41) is 10.7. The van der Waals surface area contributed by atoms with Crippen LogP contribution in [-0.2, 0) is 19.0 Å². The third-order valence-electron chi connectivity index (χ3n) is 5.07. The maximum Gasteiger partial charge on any atom is 0.520 e. The van der Waals surface area contributed by atoms with Crippen LogP contribution < -0.4 is 0 Å². The lowest BCUT2D eigenvalue weighted by molar-refractivity contribution is -0.923. The Morgan fingerprint density at radius 3 is 2.12 bits per heavy atom. The van der Waals surface area contributed by atoms with Gasteiger partial charge in [-0.15, -0.1) is 0 Å². The van der Waals surface area contributed by atoms with Crippen molar-refractivity contribution < 1.29 is 33.4 Å². The van der Waals surface area contributed by atoms with Crippen molar-refractivity contribution >= 4 is 12.1 Å². The van der Waals surface area contributed by atoms with E-state index in [1.807, 2.05) is 20.8 Å². The second-order valence-corrected chi connectivity index (χ2v) is 8.13. The fourth-order valence-corrected chi connectivity index (χ4v) is 3.64. The number of likely N-dealkylation sites (tertiary alicyclic amines) is 1. The maximum absolute atomic E-state index is 12.7. The molecule has 1 atom stereocenters. The van der Waals surface area contributed by atoms with Gasteiger partial charge in [0.1, 0.15) is 5.60 Å². The summed E-state index contributed by atoms with van der Waals surface area (Å²) < 4.78 is 16.0. The number of amides is 1. The molecule has 0 radical (unpaired) electrons.